The van der Waals surface area contributed by atoms with Crippen LogP contribution in [0.3, 0.4) is 0 Å². The standard InChI is InChI=1S/C19H19Cl2N3O7S/c1-11(23-32(29,30)17-6-4-3-5-16(17)24(27)28)18(25)22-15(19(26)31-2)10-12-7-8-13(20)14(21)9-12/h3-9,11,15,23H,10H2,1-2H3,(H,22,25)/t11-,15-/m0/s1. The molecule has 0 fully saturated rings. The maximum Gasteiger partial charge on any atom is 0.328 e. The van der Waals surface area contributed by atoms with Crippen molar-refractivity contribution in [3.05, 3.63) is 68.2 Å². The van der Waals surface area contributed by atoms with E-state index in [1.165, 1.54) is 31.2 Å². The van der Waals surface area contributed by atoms with Crippen LogP contribution in [-0.2, 0) is 30.8 Å². The summed E-state index contributed by atoms with van der Waals surface area (Å²) in [4.78, 5) is 34.4. The number of methoxy groups -OCH3 is 1. The van der Waals surface area contributed by atoms with Crippen LogP contribution in [0.4, 0.5) is 5.69 Å². The van der Waals surface area contributed by atoms with Crippen molar-refractivity contribution in [2.75, 3.05) is 7.11 Å². The number of carbonyl (C=O) groups is 2. The Balaban J connectivity index is 2.18. The third-order valence-electron chi connectivity index (χ3n) is 4.30. The van der Waals surface area contributed by atoms with E-state index in [2.05, 4.69) is 10.0 Å². The number of amides is 1. The third-order valence-corrected chi connectivity index (χ3v) is 6.63. The van der Waals surface area contributed by atoms with Gasteiger partial charge >= 0.3 is 5.97 Å². The van der Waals surface area contributed by atoms with Gasteiger partial charge in [0.2, 0.25) is 15.9 Å². The van der Waals surface area contributed by atoms with E-state index in [9.17, 15) is 28.1 Å². The SMILES string of the molecule is COC(=O)[C@H](Cc1ccc(Cl)c(Cl)c1)NC(=O)[C@H](C)NS(=O)(=O)c1ccccc1[N+](=O)[O-]. The topological polar surface area (TPSA) is 145 Å². The molecule has 0 aliphatic carbocycles. The van der Waals surface area contributed by atoms with Gasteiger partial charge in [0.25, 0.3) is 5.69 Å². The van der Waals surface area contributed by atoms with Gasteiger partial charge in [-0.25, -0.2) is 13.2 Å². The van der Waals surface area contributed by atoms with Crippen LogP contribution in [0.15, 0.2) is 47.4 Å². The van der Waals surface area contributed by atoms with Crippen LogP contribution >= 0.6 is 23.2 Å². The molecule has 2 aromatic carbocycles. The van der Waals surface area contributed by atoms with Crippen molar-refractivity contribution in [1.82, 2.24) is 10.0 Å². The Kier molecular flexibility index (Phi) is 8.56. The molecule has 0 bridgehead atoms. The summed E-state index contributed by atoms with van der Waals surface area (Å²) in [5, 5.41) is 14.1. The molecule has 172 valence electrons. The first-order valence-corrected chi connectivity index (χ1v) is 11.3. The molecule has 0 radical (unpaired) electrons. The number of hydrogen-bond acceptors (Lipinski definition) is 7. The van der Waals surface area contributed by atoms with Gasteiger partial charge in [0.1, 0.15) is 6.04 Å². The van der Waals surface area contributed by atoms with Crippen LogP contribution in [0.1, 0.15) is 12.5 Å². The molecular weight excluding hydrogens is 485 g/mol. The fourth-order valence-corrected chi connectivity index (χ4v) is 4.42. The number of rotatable bonds is 9. The maximum atomic E-state index is 12.6. The number of halogens is 2. The Labute approximate surface area is 194 Å². The van der Waals surface area contributed by atoms with Gasteiger partial charge in [-0.3, -0.25) is 14.9 Å². The van der Waals surface area contributed by atoms with E-state index in [-0.39, 0.29) is 11.4 Å². The molecule has 2 aromatic rings. The number of nitrogens with zero attached hydrogens (tertiary/aromatic N) is 1. The highest BCUT2D eigenvalue weighted by Gasteiger charge is 2.30. The summed E-state index contributed by atoms with van der Waals surface area (Å²) in [6.07, 6.45) is -0.00106. The maximum absolute atomic E-state index is 12.6. The molecule has 10 nitrogen and oxygen atoms in total. The Bertz CT molecular complexity index is 1140. The molecule has 0 aromatic heterocycles. The lowest BCUT2D eigenvalue weighted by Crippen LogP contribution is -2.51. The molecule has 0 heterocycles. The molecule has 0 aliphatic rings. The van der Waals surface area contributed by atoms with Crippen molar-refractivity contribution < 1.29 is 27.7 Å². The van der Waals surface area contributed by atoms with Crippen molar-refractivity contribution in [3.63, 3.8) is 0 Å². The lowest BCUT2D eigenvalue weighted by atomic mass is 10.1. The van der Waals surface area contributed by atoms with Gasteiger partial charge in [-0.1, -0.05) is 41.4 Å². The molecule has 0 aliphatic heterocycles. The number of sulfonamides is 1. The van der Waals surface area contributed by atoms with E-state index in [0.29, 0.717) is 10.6 Å². The van der Waals surface area contributed by atoms with Crippen LogP contribution in [-0.4, -0.2) is 44.4 Å². The van der Waals surface area contributed by atoms with Crippen molar-refractivity contribution in [2.45, 2.75) is 30.3 Å². The quantitative estimate of drug-likeness (QED) is 0.303. The summed E-state index contributed by atoms with van der Waals surface area (Å²) in [6.45, 7) is 1.23. The monoisotopic (exact) mass is 503 g/mol. The van der Waals surface area contributed by atoms with Crippen LogP contribution in [0.25, 0.3) is 0 Å². The molecule has 2 rings (SSSR count). The summed E-state index contributed by atoms with van der Waals surface area (Å²) in [7, 11) is -3.28. The zero-order valence-electron chi connectivity index (χ0n) is 16.9. The Morgan fingerprint density at radius 1 is 1.16 bits per heavy atom. The van der Waals surface area contributed by atoms with Gasteiger partial charge < -0.3 is 10.1 Å². The van der Waals surface area contributed by atoms with Crippen molar-refractivity contribution in [3.8, 4) is 0 Å². The summed E-state index contributed by atoms with van der Waals surface area (Å²) >= 11 is 11.8. The molecule has 0 saturated heterocycles. The molecular formula is C19H19Cl2N3O7S. The van der Waals surface area contributed by atoms with E-state index >= 15 is 0 Å². The minimum absolute atomic E-state index is 0.00106. The Hall–Kier alpha value is -2.73. The first-order valence-electron chi connectivity index (χ1n) is 9.04. The number of ether oxygens (including phenoxy) is 1. The van der Waals surface area contributed by atoms with E-state index < -0.39 is 49.5 Å². The van der Waals surface area contributed by atoms with Gasteiger partial charge in [0.15, 0.2) is 4.90 Å². The van der Waals surface area contributed by atoms with Crippen LogP contribution in [0, 0.1) is 10.1 Å². The highest BCUT2D eigenvalue weighted by molar-refractivity contribution is 7.89. The van der Waals surface area contributed by atoms with Crippen LogP contribution < -0.4 is 10.0 Å². The zero-order chi connectivity index (χ0) is 24.1. The van der Waals surface area contributed by atoms with E-state index in [0.717, 1.165) is 19.2 Å². The fraction of sp³-hybridized carbons (Fsp3) is 0.263. The number of nitro groups is 1. The lowest BCUT2D eigenvalue weighted by Gasteiger charge is -2.20. The summed E-state index contributed by atoms with van der Waals surface area (Å²) in [5.74, 6) is -1.61. The average Bonchev–Trinajstić information content (AvgIpc) is 2.74. The largest absolute Gasteiger partial charge is 0.467 e. The fourth-order valence-electron chi connectivity index (χ4n) is 2.72. The van der Waals surface area contributed by atoms with Gasteiger partial charge in [-0.05, 0) is 30.7 Å². The molecule has 13 heteroatoms. The van der Waals surface area contributed by atoms with E-state index in [1.54, 1.807) is 6.07 Å². The highest BCUT2D eigenvalue weighted by atomic mass is 35.5. The van der Waals surface area contributed by atoms with Crippen molar-refractivity contribution >= 4 is 50.8 Å². The highest BCUT2D eigenvalue weighted by Crippen LogP contribution is 2.24. The number of nitrogens with one attached hydrogen (secondary N) is 2. The molecule has 0 unspecified atom stereocenters. The zero-order valence-corrected chi connectivity index (χ0v) is 19.2. The van der Waals surface area contributed by atoms with E-state index in [1.807, 2.05) is 0 Å². The van der Waals surface area contributed by atoms with E-state index in [4.69, 9.17) is 27.9 Å². The van der Waals surface area contributed by atoms with Crippen molar-refractivity contribution in [1.29, 1.82) is 0 Å². The molecule has 2 N–H and O–H groups in total. The minimum atomic E-state index is -4.41. The first kappa shape index (κ1) is 25.5. The molecule has 32 heavy (non-hydrogen) atoms. The predicted octanol–water partition coefficient (Wildman–Crippen LogP) is 2.47. The number of carbonyl (C=O) groups excluding carboxylic acids is 2. The Morgan fingerprint density at radius 2 is 1.81 bits per heavy atom. The van der Waals surface area contributed by atoms with Crippen LogP contribution in [0.2, 0.25) is 10.0 Å². The van der Waals surface area contributed by atoms with Gasteiger partial charge in [-0.2, -0.15) is 4.72 Å². The number of hydrogen-bond donors (Lipinski definition) is 2. The normalized spacial score (nSPS) is 13.1. The Morgan fingerprint density at radius 3 is 2.41 bits per heavy atom. The lowest BCUT2D eigenvalue weighted by molar-refractivity contribution is -0.387. The molecule has 2 atom stereocenters. The minimum Gasteiger partial charge on any atom is -0.467 e. The second kappa shape index (κ2) is 10.7. The van der Waals surface area contributed by atoms with Crippen molar-refractivity contribution in [2.24, 2.45) is 0 Å². The number of esters is 1. The molecule has 0 saturated carbocycles. The third kappa shape index (κ3) is 6.39. The first-order chi connectivity index (χ1) is 15.0. The number of nitro benzene ring substituents is 1. The molecule has 0 spiro atoms. The summed E-state index contributed by atoms with van der Waals surface area (Å²) in [6, 6.07) is 6.86. The number of para-hydroxylation sites is 1. The summed E-state index contributed by atoms with van der Waals surface area (Å²) in [5.41, 5.74) is -0.0668. The predicted molar refractivity (Wildman–Crippen MR) is 117 cm³/mol. The second-order valence-corrected chi connectivity index (χ2v) is 9.10. The van der Waals surface area contributed by atoms with Gasteiger partial charge in [-0.15, -0.1) is 0 Å². The average molecular weight is 504 g/mol. The summed E-state index contributed by atoms with van der Waals surface area (Å²) < 4.78 is 32.0. The van der Waals surface area contributed by atoms with Crippen LogP contribution in [0.5, 0.6) is 0 Å². The van der Waals surface area contributed by atoms with Gasteiger partial charge in [0, 0.05) is 12.5 Å². The second-order valence-electron chi connectivity index (χ2n) is 6.60. The molecule has 1 amide bonds. The smallest absolute Gasteiger partial charge is 0.328 e. The van der Waals surface area contributed by atoms with Gasteiger partial charge in [0.05, 0.1) is 28.1 Å². The number of benzene rings is 2.